The number of aromatic nitrogens is 3. The van der Waals surface area contributed by atoms with E-state index in [0.29, 0.717) is 19.5 Å². The molecule has 1 aromatic carbocycles. The molecule has 1 aliphatic rings. The molecule has 0 fully saturated rings. The number of alkyl halides is 3. The molecule has 25 heavy (non-hydrogen) atoms. The van der Waals surface area contributed by atoms with Gasteiger partial charge in [-0.3, -0.25) is 9.89 Å². The zero-order valence-corrected chi connectivity index (χ0v) is 13.4. The van der Waals surface area contributed by atoms with Crippen molar-refractivity contribution in [2.45, 2.75) is 26.1 Å². The number of aryl methyl sites for hydroxylation is 1. The van der Waals surface area contributed by atoms with E-state index in [2.05, 4.69) is 16.1 Å². The van der Waals surface area contributed by atoms with Gasteiger partial charge in [0.1, 0.15) is 5.69 Å². The first kappa shape index (κ1) is 15.7. The van der Waals surface area contributed by atoms with Gasteiger partial charge in [-0.2, -0.15) is 18.3 Å². The number of aromatic amines is 2. The Morgan fingerprint density at radius 3 is 2.80 bits per heavy atom. The summed E-state index contributed by atoms with van der Waals surface area (Å²) in [5, 5.41) is 6.47. The third kappa shape index (κ3) is 2.67. The Kier molecular flexibility index (Phi) is 3.38. The van der Waals surface area contributed by atoms with Crippen molar-refractivity contribution in [3.05, 3.63) is 52.5 Å². The molecule has 8 heteroatoms. The Balaban J connectivity index is 1.63. The van der Waals surface area contributed by atoms with E-state index in [4.69, 9.17) is 0 Å². The quantitative estimate of drug-likeness (QED) is 0.708. The van der Waals surface area contributed by atoms with Gasteiger partial charge in [-0.25, -0.2) is 0 Å². The first-order chi connectivity index (χ1) is 11.8. The molecule has 0 saturated carbocycles. The van der Waals surface area contributed by atoms with Gasteiger partial charge in [0.15, 0.2) is 5.69 Å². The molecule has 0 saturated heterocycles. The largest absolute Gasteiger partial charge is 0.432 e. The van der Waals surface area contributed by atoms with Crippen molar-refractivity contribution in [2.24, 2.45) is 0 Å². The summed E-state index contributed by atoms with van der Waals surface area (Å²) < 4.78 is 38.0. The van der Waals surface area contributed by atoms with Crippen LogP contribution in [0.5, 0.6) is 0 Å². The second-order valence-corrected chi connectivity index (χ2v) is 6.27. The topological polar surface area (TPSA) is 64.8 Å². The monoisotopic (exact) mass is 348 g/mol. The molecule has 0 aliphatic carbocycles. The van der Waals surface area contributed by atoms with Gasteiger partial charge in [0.25, 0.3) is 5.91 Å². The van der Waals surface area contributed by atoms with Crippen LogP contribution in [0.25, 0.3) is 10.9 Å². The predicted molar refractivity (Wildman–Crippen MR) is 85.1 cm³/mol. The minimum absolute atomic E-state index is 0.216. The number of fused-ring (bicyclic) bond motifs is 3. The van der Waals surface area contributed by atoms with Crippen LogP contribution < -0.4 is 0 Å². The highest BCUT2D eigenvalue weighted by atomic mass is 19.4. The predicted octanol–water partition coefficient (Wildman–Crippen LogP) is 3.42. The van der Waals surface area contributed by atoms with Crippen LogP contribution in [-0.2, 0) is 19.1 Å². The molecule has 4 rings (SSSR count). The minimum atomic E-state index is -4.55. The highest BCUT2D eigenvalue weighted by Crippen LogP contribution is 2.30. The van der Waals surface area contributed by atoms with Gasteiger partial charge >= 0.3 is 6.18 Å². The number of rotatable bonds is 1. The lowest BCUT2D eigenvalue weighted by Gasteiger charge is -2.26. The van der Waals surface area contributed by atoms with E-state index < -0.39 is 17.8 Å². The average Bonchev–Trinajstić information content (AvgIpc) is 3.18. The van der Waals surface area contributed by atoms with Gasteiger partial charge < -0.3 is 9.88 Å². The van der Waals surface area contributed by atoms with Gasteiger partial charge in [-0.05, 0) is 19.1 Å². The summed E-state index contributed by atoms with van der Waals surface area (Å²) in [7, 11) is 0. The summed E-state index contributed by atoms with van der Waals surface area (Å²) in [5.74, 6) is -0.501. The lowest BCUT2D eigenvalue weighted by Crippen LogP contribution is -2.36. The summed E-state index contributed by atoms with van der Waals surface area (Å²) in [4.78, 5) is 17.4. The van der Waals surface area contributed by atoms with E-state index >= 15 is 0 Å². The molecule has 0 unspecified atom stereocenters. The first-order valence-corrected chi connectivity index (χ1v) is 7.85. The molecule has 1 aliphatic heterocycles. The zero-order valence-electron chi connectivity index (χ0n) is 13.4. The Bertz CT molecular complexity index is 970. The normalized spacial score (nSPS) is 14.8. The molecule has 2 N–H and O–H groups in total. The number of benzene rings is 1. The molecule has 2 aromatic heterocycles. The van der Waals surface area contributed by atoms with Crippen LogP contribution in [0.4, 0.5) is 13.2 Å². The second kappa shape index (κ2) is 5.37. The van der Waals surface area contributed by atoms with Crippen molar-refractivity contribution in [1.29, 1.82) is 0 Å². The molecule has 1 amide bonds. The summed E-state index contributed by atoms with van der Waals surface area (Å²) in [6.07, 6.45) is -3.92. The fourth-order valence-electron chi connectivity index (χ4n) is 3.24. The van der Waals surface area contributed by atoms with Crippen molar-refractivity contribution in [1.82, 2.24) is 20.1 Å². The Labute approximate surface area is 140 Å². The molecule has 0 bridgehead atoms. The molecular formula is C17H15F3N4O. The van der Waals surface area contributed by atoms with Gasteiger partial charge in [0.2, 0.25) is 0 Å². The van der Waals surface area contributed by atoms with E-state index in [1.807, 2.05) is 24.2 Å². The van der Waals surface area contributed by atoms with Crippen LogP contribution in [0.2, 0.25) is 0 Å². The summed E-state index contributed by atoms with van der Waals surface area (Å²) in [6, 6.07) is 6.82. The fraction of sp³-hybridized carbons (Fsp3) is 0.294. The maximum absolute atomic E-state index is 12.7. The van der Waals surface area contributed by atoms with Crippen molar-refractivity contribution in [3.8, 4) is 0 Å². The number of hydrogen-bond acceptors (Lipinski definition) is 2. The van der Waals surface area contributed by atoms with Crippen molar-refractivity contribution >= 4 is 16.8 Å². The third-order valence-corrected chi connectivity index (χ3v) is 4.52. The Morgan fingerprint density at radius 2 is 2.08 bits per heavy atom. The Hall–Kier alpha value is -2.77. The SMILES string of the molecule is Cc1ccc2[nH]c3c(c2c1)CN(C(=O)c1cc(C(F)(F)F)[nH]n1)CC3. The number of carbonyl (C=O) groups excluding carboxylic acids is 1. The maximum Gasteiger partial charge on any atom is 0.432 e. The molecule has 0 atom stereocenters. The fourth-order valence-corrected chi connectivity index (χ4v) is 3.24. The number of H-pyrrole nitrogens is 2. The lowest BCUT2D eigenvalue weighted by molar-refractivity contribution is -0.141. The van der Waals surface area contributed by atoms with Crippen LogP contribution in [0.3, 0.4) is 0 Å². The van der Waals surface area contributed by atoms with E-state index in [9.17, 15) is 18.0 Å². The zero-order chi connectivity index (χ0) is 17.8. The summed E-state index contributed by atoms with van der Waals surface area (Å²) in [5.41, 5.74) is 2.97. The minimum Gasteiger partial charge on any atom is -0.358 e. The van der Waals surface area contributed by atoms with Gasteiger partial charge in [0.05, 0.1) is 0 Å². The Morgan fingerprint density at radius 1 is 1.28 bits per heavy atom. The smallest absolute Gasteiger partial charge is 0.358 e. The first-order valence-electron chi connectivity index (χ1n) is 7.85. The number of amides is 1. The standard InChI is InChI=1S/C17H15F3N4O/c1-9-2-3-12-10(6-9)11-8-24(5-4-13(11)21-12)16(25)14-7-15(23-22-14)17(18,19)20/h2-3,6-7,21H,4-5,8H2,1H3,(H,22,23). The number of hydrogen-bond donors (Lipinski definition) is 2. The molecule has 3 aromatic rings. The molecule has 0 spiro atoms. The van der Waals surface area contributed by atoms with Gasteiger partial charge in [0, 0.05) is 47.7 Å². The van der Waals surface area contributed by atoms with Crippen LogP contribution >= 0.6 is 0 Å². The molecule has 3 heterocycles. The van der Waals surface area contributed by atoms with Crippen molar-refractivity contribution < 1.29 is 18.0 Å². The van der Waals surface area contributed by atoms with Crippen molar-refractivity contribution in [2.75, 3.05) is 6.54 Å². The van der Waals surface area contributed by atoms with Crippen LogP contribution in [0, 0.1) is 6.92 Å². The van der Waals surface area contributed by atoms with E-state index in [0.717, 1.165) is 33.8 Å². The van der Waals surface area contributed by atoms with Crippen LogP contribution in [-0.4, -0.2) is 32.5 Å². The molecule has 0 radical (unpaired) electrons. The van der Waals surface area contributed by atoms with Gasteiger partial charge in [-0.1, -0.05) is 11.6 Å². The number of carbonyl (C=O) groups is 1. The van der Waals surface area contributed by atoms with E-state index in [1.165, 1.54) is 4.90 Å². The second-order valence-electron chi connectivity index (χ2n) is 6.27. The van der Waals surface area contributed by atoms with Crippen LogP contribution in [0.1, 0.15) is 33.0 Å². The highest BCUT2D eigenvalue weighted by Gasteiger charge is 2.35. The molecule has 130 valence electrons. The van der Waals surface area contributed by atoms with E-state index in [-0.39, 0.29) is 5.69 Å². The number of nitrogens with zero attached hydrogens (tertiary/aromatic N) is 2. The van der Waals surface area contributed by atoms with Gasteiger partial charge in [-0.15, -0.1) is 0 Å². The molecule has 5 nitrogen and oxygen atoms in total. The van der Waals surface area contributed by atoms with E-state index in [1.54, 1.807) is 0 Å². The lowest BCUT2D eigenvalue weighted by atomic mass is 10.0. The van der Waals surface area contributed by atoms with Crippen LogP contribution in [0.15, 0.2) is 24.3 Å². The number of halogens is 3. The summed E-state index contributed by atoms with van der Waals surface area (Å²) >= 11 is 0. The average molecular weight is 348 g/mol. The highest BCUT2D eigenvalue weighted by molar-refractivity contribution is 5.93. The maximum atomic E-state index is 12.7. The third-order valence-electron chi connectivity index (χ3n) is 4.52. The summed E-state index contributed by atoms with van der Waals surface area (Å²) in [6.45, 7) is 2.78. The molecular weight excluding hydrogens is 333 g/mol. The number of nitrogens with one attached hydrogen (secondary N) is 2. The van der Waals surface area contributed by atoms with Crippen molar-refractivity contribution in [3.63, 3.8) is 0 Å².